The molecule has 2 aromatic rings. The Morgan fingerprint density at radius 1 is 1.13 bits per heavy atom. The van der Waals surface area contributed by atoms with Gasteiger partial charge in [-0.1, -0.05) is 11.6 Å². The van der Waals surface area contributed by atoms with Crippen LogP contribution in [0, 0.1) is 0 Å². The molecule has 0 radical (unpaired) electrons. The van der Waals surface area contributed by atoms with Gasteiger partial charge in [-0.3, -0.25) is 9.59 Å². The van der Waals surface area contributed by atoms with Crippen molar-refractivity contribution in [1.82, 2.24) is 14.2 Å². The molecule has 4 rings (SSSR count). The average Bonchev–Trinajstić information content (AvgIpc) is 3.32. The third-order valence-corrected chi connectivity index (χ3v) is 8.12. The molecule has 1 fully saturated rings. The molecular formula is C23H29N3O4S. The maximum atomic E-state index is 13.1. The molecule has 8 heteroatoms. The van der Waals surface area contributed by atoms with Crippen LogP contribution in [0.25, 0.3) is 10.9 Å². The van der Waals surface area contributed by atoms with Crippen molar-refractivity contribution in [1.29, 1.82) is 0 Å². The summed E-state index contributed by atoms with van der Waals surface area (Å²) < 4.78 is 29.0. The van der Waals surface area contributed by atoms with Gasteiger partial charge < -0.3 is 9.88 Å². The van der Waals surface area contributed by atoms with Crippen molar-refractivity contribution in [3.63, 3.8) is 0 Å². The van der Waals surface area contributed by atoms with Crippen LogP contribution < -0.4 is 10.7 Å². The number of carbonyl (C=O) groups is 1. The fourth-order valence-electron chi connectivity index (χ4n) is 4.43. The Labute approximate surface area is 182 Å². The number of aryl methyl sites for hydroxylation is 1. The number of fused-ring (bicyclic) bond motifs is 1. The van der Waals surface area contributed by atoms with Crippen molar-refractivity contribution in [3.8, 4) is 0 Å². The Kier molecular flexibility index (Phi) is 6.29. The van der Waals surface area contributed by atoms with Gasteiger partial charge in [0, 0.05) is 38.3 Å². The number of nitrogens with zero attached hydrogens (tertiary/aromatic N) is 2. The molecule has 31 heavy (non-hydrogen) atoms. The number of rotatable bonds is 6. The molecule has 1 aliphatic carbocycles. The fraction of sp³-hybridized carbons (Fsp3) is 0.478. The monoisotopic (exact) mass is 443 g/mol. The molecule has 2 heterocycles. The molecule has 0 atom stereocenters. The van der Waals surface area contributed by atoms with Crippen LogP contribution in [0.5, 0.6) is 0 Å². The first-order chi connectivity index (χ1) is 14.9. The third-order valence-electron chi connectivity index (χ3n) is 6.22. The normalized spacial score (nSPS) is 17.6. The minimum atomic E-state index is -3.64. The highest BCUT2D eigenvalue weighted by atomic mass is 32.2. The maximum absolute atomic E-state index is 13.1. The lowest BCUT2D eigenvalue weighted by Gasteiger charge is -2.16. The van der Waals surface area contributed by atoms with Crippen LogP contribution in [0.1, 0.15) is 55.3 Å². The van der Waals surface area contributed by atoms with Crippen molar-refractivity contribution < 1.29 is 13.2 Å². The number of carbonyl (C=O) groups excluding carboxylic acids is 1. The Hall–Kier alpha value is -2.45. The summed E-state index contributed by atoms with van der Waals surface area (Å²) in [6.07, 6.45) is 10.8. The number of aromatic nitrogens is 1. The molecule has 0 bridgehead atoms. The van der Waals surface area contributed by atoms with E-state index in [1.807, 2.05) is 0 Å². The number of amides is 1. The van der Waals surface area contributed by atoms with E-state index in [9.17, 15) is 18.0 Å². The molecule has 1 aromatic carbocycles. The summed E-state index contributed by atoms with van der Waals surface area (Å²) in [5.74, 6) is -0.424. The first-order valence-electron chi connectivity index (χ1n) is 11.0. The molecular weight excluding hydrogens is 414 g/mol. The van der Waals surface area contributed by atoms with Gasteiger partial charge in [0.05, 0.1) is 10.4 Å². The summed E-state index contributed by atoms with van der Waals surface area (Å²) in [4.78, 5) is 25.9. The van der Waals surface area contributed by atoms with Gasteiger partial charge in [0.15, 0.2) is 0 Å². The van der Waals surface area contributed by atoms with E-state index in [-0.39, 0.29) is 15.8 Å². The fourth-order valence-corrected chi connectivity index (χ4v) is 5.98. The van der Waals surface area contributed by atoms with Gasteiger partial charge in [-0.2, -0.15) is 4.31 Å². The van der Waals surface area contributed by atoms with Crippen LogP contribution in [0.3, 0.4) is 0 Å². The standard InChI is InChI=1S/C23H29N3O4S/c1-25-16-20(23(28)24-12-11-17-7-3-2-4-8-17)22(27)19-15-18(9-10-21(19)25)31(29,30)26-13-5-6-14-26/h7,9-10,15-16H,2-6,8,11-14H2,1H3,(H,24,28). The number of hydrogen-bond acceptors (Lipinski definition) is 4. The van der Waals surface area contributed by atoms with E-state index in [1.165, 1.54) is 41.0 Å². The zero-order valence-electron chi connectivity index (χ0n) is 17.9. The molecule has 1 saturated heterocycles. The Morgan fingerprint density at radius 3 is 2.61 bits per heavy atom. The second-order valence-electron chi connectivity index (χ2n) is 8.39. The van der Waals surface area contributed by atoms with Crippen molar-refractivity contribution in [3.05, 3.63) is 51.8 Å². The summed E-state index contributed by atoms with van der Waals surface area (Å²) in [6, 6.07) is 4.58. The highest BCUT2D eigenvalue weighted by Crippen LogP contribution is 2.24. The molecule has 166 valence electrons. The minimum absolute atomic E-state index is 0.0309. The van der Waals surface area contributed by atoms with Crippen LogP contribution in [-0.2, 0) is 17.1 Å². The lowest BCUT2D eigenvalue weighted by Crippen LogP contribution is -2.31. The number of benzene rings is 1. The first-order valence-corrected chi connectivity index (χ1v) is 12.4. The Bertz CT molecular complexity index is 1190. The van der Waals surface area contributed by atoms with Crippen LogP contribution in [-0.4, -0.2) is 42.8 Å². The largest absolute Gasteiger partial charge is 0.352 e. The smallest absolute Gasteiger partial charge is 0.256 e. The third kappa shape index (κ3) is 4.45. The molecule has 0 saturated carbocycles. The molecule has 1 N–H and O–H groups in total. The van der Waals surface area contributed by atoms with Gasteiger partial charge in [0.25, 0.3) is 5.91 Å². The van der Waals surface area contributed by atoms with Crippen LogP contribution in [0.15, 0.2) is 45.7 Å². The Morgan fingerprint density at radius 2 is 1.90 bits per heavy atom. The van der Waals surface area contributed by atoms with Crippen molar-refractivity contribution in [2.24, 2.45) is 7.05 Å². The number of nitrogens with one attached hydrogen (secondary N) is 1. The number of pyridine rings is 1. The molecule has 0 spiro atoms. The van der Waals surface area contributed by atoms with E-state index in [1.54, 1.807) is 17.7 Å². The van der Waals surface area contributed by atoms with Gasteiger partial charge in [-0.15, -0.1) is 0 Å². The molecule has 1 aliphatic heterocycles. The predicted molar refractivity (Wildman–Crippen MR) is 121 cm³/mol. The van der Waals surface area contributed by atoms with Crippen LogP contribution >= 0.6 is 0 Å². The molecule has 2 aliphatic rings. The van der Waals surface area contributed by atoms with Crippen molar-refractivity contribution >= 4 is 26.8 Å². The van der Waals surface area contributed by atoms with Gasteiger partial charge >= 0.3 is 0 Å². The van der Waals surface area contributed by atoms with Gasteiger partial charge in [-0.05, 0) is 63.1 Å². The SMILES string of the molecule is Cn1cc(C(=O)NCCC2=CCCCC2)c(=O)c2cc(S(=O)(=O)N3CCCC3)ccc21. The van der Waals surface area contributed by atoms with E-state index in [0.29, 0.717) is 25.2 Å². The lowest BCUT2D eigenvalue weighted by molar-refractivity contribution is 0.0952. The number of allylic oxidation sites excluding steroid dienone is 1. The summed E-state index contributed by atoms with van der Waals surface area (Å²) >= 11 is 0. The molecule has 1 aromatic heterocycles. The zero-order valence-corrected chi connectivity index (χ0v) is 18.7. The molecule has 1 amide bonds. The molecule has 0 unspecified atom stereocenters. The summed E-state index contributed by atoms with van der Waals surface area (Å²) in [7, 11) is -1.89. The second kappa shape index (κ2) is 8.96. The maximum Gasteiger partial charge on any atom is 0.256 e. The topological polar surface area (TPSA) is 88.5 Å². The van der Waals surface area contributed by atoms with E-state index >= 15 is 0 Å². The van der Waals surface area contributed by atoms with Crippen molar-refractivity contribution in [2.75, 3.05) is 19.6 Å². The first kappa shape index (κ1) is 21.8. The zero-order chi connectivity index (χ0) is 22.0. The van der Waals surface area contributed by atoms with Crippen LogP contribution in [0.4, 0.5) is 0 Å². The Balaban J connectivity index is 1.60. The lowest BCUT2D eigenvalue weighted by atomic mass is 9.97. The summed E-state index contributed by atoms with van der Waals surface area (Å²) in [5.41, 5.74) is 1.54. The van der Waals surface area contributed by atoms with Gasteiger partial charge in [0.2, 0.25) is 15.5 Å². The van der Waals surface area contributed by atoms with Gasteiger partial charge in [0.1, 0.15) is 5.56 Å². The minimum Gasteiger partial charge on any atom is -0.352 e. The summed E-state index contributed by atoms with van der Waals surface area (Å²) in [6.45, 7) is 1.48. The van der Waals surface area contributed by atoms with E-state index in [2.05, 4.69) is 11.4 Å². The predicted octanol–water partition coefficient (Wildman–Crippen LogP) is 2.94. The van der Waals surface area contributed by atoms with Crippen LogP contribution in [0.2, 0.25) is 0 Å². The quantitative estimate of drug-likeness (QED) is 0.696. The second-order valence-corrected chi connectivity index (χ2v) is 10.3. The van der Waals surface area contributed by atoms with Crippen molar-refractivity contribution in [2.45, 2.75) is 49.8 Å². The van der Waals surface area contributed by atoms with E-state index < -0.39 is 21.4 Å². The van der Waals surface area contributed by atoms with Gasteiger partial charge in [-0.25, -0.2) is 8.42 Å². The van der Waals surface area contributed by atoms with E-state index in [0.717, 1.165) is 32.1 Å². The number of hydrogen-bond donors (Lipinski definition) is 1. The highest BCUT2D eigenvalue weighted by molar-refractivity contribution is 7.89. The number of sulfonamides is 1. The summed E-state index contributed by atoms with van der Waals surface area (Å²) in [5, 5.41) is 3.09. The molecule has 7 nitrogen and oxygen atoms in total. The highest BCUT2D eigenvalue weighted by Gasteiger charge is 2.28. The van der Waals surface area contributed by atoms with E-state index in [4.69, 9.17) is 0 Å². The average molecular weight is 444 g/mol.